The van der Waals surface area contributed by atoms with Crippen LogP contribution >= 0.6 is 11.3 Å². The number of fused-ring (bicyclic) bond motifs is 3. The maximum atomic E-state index is 13.8. The molecule has 0 bridgehead atoms. The number of carbonyl (C=O) groups is 1. The largest absolute Gasteiger partial charge is 0.496 e. The number of aromatic amines is 1. The van der Waals surface area contributed by atoms with Crippen molar-refractivity contribution in [2.45, 2.75) is 26.0 Å². The van der Waals surface area contributed by atoms with Crippen LogP contribution in [0.4, 0.5) is 0 Å². The Morgan fingerprint density at radius 3 is 2.89 bits per heavy atom. The van der Waals surface area contributed by atoms with E-state index in [9.17, 15) is 4.79 Å². The van der Waals surface area contributed by atoms with Gasteiger partial charge in [0.25, 0.3) is 5.91 Å². The fourth-order valence-electron chi connectivity index (χ4n) is 4.77. The summed E-state index contributed by atoms with van der Waals surface area (Å²) in [7, 11) is 1.63. The van der Waals surface area contributed by atoms with Gasteiger partial charge in [-0.3, -0.25) is 9.89 Å². The van der Waals surface area contributed by atoms with Gasteiger partial charge in [0.2, 0.25) is 0 Å². The van der Waals surface area contributed by atoms with Gasteiger partial charge >= 0.3 is 0 Å². The monoisotopic (exact) mass is 491 g/mol. The molecule has 1 amide bonds. The van der Waals surface area contributed by atoms with Crippen LogP contribution in [0.25, 0.3) is 28.1 Å². The van der Waals surface area contributed by atoms with Crippen LogP contribution in [0.2, 0.25) is 0 Å². The van der Waals surface area contributed by atoms with Crippen LogP contribution in [-0.2, 0) is 11.3 Å². The highest BCUT2D eigenvalue weighted by Crippen LogP contribution is 2.46. The molecule has 4 aromatic rings. The third-order valence-corrected chi connectivity index (χ3v) is 7.24. The molecule has 1 fully saturated rings. The van der Waals surface area contributed by atoms with Crippen LogP contribution in [0.15, 0.2) is 41.4 Å². The lowest BCUT2D eigenvalue weighted by atomic mass is 9.96. The Morgan fingerprint density at radius 2 is 2.17 bits per heavy atom. The average molecular weight is 492 g/mol. The van der Waals surface area contributed by atoms with Crippen LogP contribution < -0.4 is 9.47 Å². The van der Waals surface area contributed by atoms with E-state index in [0.717, 1.165) is 33.6 Å². The number of hydrogen-bond donors (Lipinski definition) is 1. The molecule has 0 spiro atoms. The van der Waals surface area contributed by atoms with Gasteiger partial charge in [-0.1, -0.05) is 0 Å². The summed E-state index contributed by atoms with van der Waals surface area (Å²) in [5, 5.41) is 15.9. The SMILES string of the molecule is COc1cc2c(cc1-c1cn[nH]c1)-c1c(c(C(=O)N3CCOCC3(C)C)nn1-c1ccsc1)CO2. The van der Waals surface area contributed by atoms with Gasteiger partial charge < -0.3 is 19.1 Å². The van der Waals surface area contributed by atoms with Gasteiger partial charge in [-0.05, 0) is 31.4 Å². The van der Waals surface area contributed by atoms with Crippen LogP contribution in [0.3, 0.4) is 0 Å². The van der Waals surface area contributed by atoms with Gasteiger partial charge in [0.05, 0.1) is 43.4 Å². The Bertz CT molecular complexity index is 1390. The van der Waals surface area contributed by atoms with E-state index in [0.29, 0.717) is 37.0 Å². The van der Waals surface area contributed by atoms with Gasteiger partial charge in [-0.25, -0.2) is 4.68 Å². The standard InChI is InChI=1S/C25H25N5O4S/c1-25(2)14-33-6-5-29(25)24(31)22-19-12-34-21-9-20(32-3)17(15-10-26-27-11-15)8-18(21)23(19)30(28-22)16-4-7-35-13-16/h4,7-11,13H,5-6,12,14H2,1-3H3,(H,26,27). The number of hydrogen-bond acceptors (Lipinski definition) is 7. The minimum Gasteiger partial charge on any atom is -0.496 e. The second-order valence-electron chi connectivity index (χ2n) is 9.22. The summed E-state index contributed by atoms with van der Waals surface area (Å²) in [5.41, 5.74) is 5.13. The van der Waals surface area contributed by atoms with Gasteiger partial charge in [-0.2, -0.15) is 21.5 Å². The minimum atomic E-state index is -0.427. The zero-order chi connectivity index (χ0) is 24.2. The molecule has 3 aromatic heterocycles. The molecule has 180 valence electrons. The Kier molecular flexibility index (Phi) is 5.15. The van der Waals surface area contributed by atoms with E-state index < -0.39 is 5.54 Å². The molecule has 10 heteroatoms. The van der Waals surface area contributed by atoms with Crippen molar-refractivity contribution in [1.29, 1.82) is 0 Å². The number of benzene rings is 1. The molecule has 0 saturated carbocycles. The minimum absolute atomic E-state index is 0.112. The molecule has 5 heterocycles. The summed E-state index contributed by atoms with van der Waals surface area (Å²) >= 11 is 1.58. The fourth-order valence-corrected chi connectivity index (χ4v) is 5.39. The molecule has 35 heavy (non-hydrogen) atoms. The van der Waals surface area contributed by atoms with Gasteiger partial charge in [-0.15, -0.1) is 0 Å². The Morgan fingerprint density at radius 1 is 1.29 bits per heavy atom. The first-order valence-corrected chi connectivity index (χ1v) is 12.3. The van der Waals surface area contributed by atoms with Crippen molar-refractivity contribution in [3.63, 3.8) is 0 Å². The third-order valence-electron chi connectivity index (χ3n) is 6.57. The number of thiophene rings is 1. The highest BCUT2D eigenvalue weighted by atomic mass is 32.1. The molecular weight excluding hydrogens is 466 g/mol. The Balaban J connectivity index is 1.55. The fraction of sp³-hybridized carbons (Fsp3) is 0.320. The highest BCUT2D eigenvalue weighted by molar-refractivity contribution is 7.08. The number of aromatic nitrogens is 4. The smallest absolute Gasteiger partial charge is 0.275 e. The van der Waals surface area contributed by atoms with Crippen molar-refractivity contribution in [1.82, 2.24) is 24.9 Å². The predicted octanol–water partition coefficient (Wildman–Crippen LogP) is 4.14. The topological polar surface area (TPSA) is 94.5 Å². The first-order valence-electron chi connectivity index (χ1n) is 11.4. The zero-order valence-corrected chi connectivity index (χ0v) is 20.5. The van der Waals surface area contributed by atoms with Gasteiger partial charge in [0.1, 0.15) is 18.1 Å². The normalized spacial score (nSPS) is 16.4. The molecule has 1 saturated heterocycles. The molecule has 1 aromatic carbocycles. The maximum Gasteiger partial charge on any atom is 0.275 e. The first-order chi connectivity index (χ1) is 17.0. The Hall–Kier alpha value is -3.63. The maximum absolute atomic E-state index is 13.8. The summed E-state index contributed by atoms with van der Waals surface area (Å²) in [5.74, 6) is 1.25. The number of ether oxygens (including phenoxy) is 3. The molecular formula is C25H25N5O4S. The molecule has 0 radical (unpaired) electrons. The Labute approximate surface area is 206 Å². The van der Waals surface area contributed by atoms with E-state index in [1.807, 2.05) is 58.6 Å². The molecule has 0 atom stereocenters. The molecule has 2 aliphatic rings. The second-order valence-corrected chi connectivity index (χ2v) is 10.00. The average Bonchev–Trinajstić information content (AvgIpc) is 3.63. The predicted molar refractivity (Wildman–Crippen MR) is 131 cm³/mol. The third kappa shape index (κ3) is 3.52. The number of morpholine rings is 1. The summed E-state index contributed by atoms with van der Waals surface area (Å²) in [6.45, 7) is 5.79. The number of rotatable bonds is 4. The number of methoxy groups -OCH3 is 1. The summed E-state index contributed by atoms with van der Waals surface area (Å²) < 4.78 is 19.3. The number of nitrogens with one attached hydrogen (secondary N) is 1. The van der Waals surface area contributed by atoms with E-state index >= 15 is 0 Å². The molecule has 2 aliphatic heterocycles. The van der Waals surface area contributed by atoms with E-state index in [1.54, 1.807) is 24.6 Å². The summed E-state index contributed by atoms with van der Waals surface area (Å²) in [6, 6.07) is 5.91. The second kappa shape index (κ2) is 8.24. The molecule has 9 nitrogen and oxygen atoms in total. The van der Waals surface area contributed by atoms with Crippen molar-refractivity contribution < 1.29 is 19.0 Å². The lowest BCUT2D eigenvalue weighted by molar-refractivity contribution is -0.0374. The zero-order valence-electron chi connectivity index (χ0n) is 19.7. The van der Waals surface area contributed by atoms with Crippen LogP contribution in [0.5, 0.6) is 11.5 Å². The van der Waals surface area contributed by atoms with Gasteiger partial charge in [0.15, 0.2) is 5.69 Å². The number of nitrogens with zero attached hydrogens (tertiary/aromatic N) is 4. The van der Waals surface area contributed by atoms with Crippen LogP contribution in [0, 0.1) is 0 Å². The quantitative estimate of drug-likeness (QED) is 0.461. The van der Waals surface area contributed by atoms with Crippen molar-refractivity contribution >= 4 is 17.2 Å². The van der Waals surface area contributed by atoms with Crippen molar-refractivity contribution in [3.05, 3.63) is 52.6 Å². The number of amides is 1. The van der Waals surface area contributed by atoms with E-state index in [4.69, 9.17) is 19.3 Å². The van der Waals surface area contributed by atoms with E-state index in [2.05, 4.69) is 10.2 Å². The number of carbonyl (C=O) groups excluding carboxylic acids is 1. The first kappa shape index (κ1) is 21.9. The molecule has 1 N–H and O–H groups in total. The van der Waals surface area contributed by atoms with Gasteiger partial charge in [0, 0.05) is 46.4 Å². The van der Waals surface area contributed by atoms with Crippen molar-refractivity contribution in [3.8, 4) is 39.6 Å². The summed E-state index contributed by atoms with van der Waals surface area (Å²) in [4.78, 5) is 15.7. The van der Waals surface area contributed by atoms with Crippen LogP contribution in [0.1, 0.15) is 29.9 Å². The molecule has 0 aliphatic carbocycles. The number of H-pyrrole nitrogens is 1. The van der Waals surface area contributed by atoms with Crippen molar-refractivity contribution in [2.75, 3.05) is 26.9 Å². The van der Waals surface area contributed by atoms with E-state index in [-0.39, 0.29) is 12.5 Å². The lowest BCUT2D eigenvalue weighted by Crippen LogP contribution is -2.55. The van der Waals surface area contributed by atoms with Crippen molar-refractivity contribution in [2.24, 2.45) is 0 Å². The lowest BCUT2D eigenvalue weighted by Gasteiger charge is -2.41. The summed E-state index contributed by atoms with van der Waals surface area (Å²) in [6.07, 6.45) is 3.57. The molecule has 6 rings (SSSR count). The van der Waals surface area contributed by atoms with E-state index in [1.165, 1.54) is 0 Å². The molecule has 0 unspecified atom stereocenters. The highest BCUT2D eigenvalue weighted by Gasteiger charge is 2.39. The van der Waals surface area contributed by atoms with Crippen LogP contribution in [-0.4, -0.2) is 63.2 Å².